The van der Waals surface area contributed by atoms with Gasteiger partial charge < -0.3 is 9.13 Å². The number of fused-ring (bicyclic) bond motifs is 23. The number of hydrogen-bond acceptors (Lipinski definition) is 2. The molecule has 0 saturated heterocycles. The van der Waals surface area contributed by atoms with Gasteiger partial charge in [0.05, 0.1) is 42.8 Å². The van der Waals surface area contributed by atoms with Crippen LogP contribution in [-0.4, -0.2) is 9.13 Å². The van der Waals surface area contributed by atoms with Gasteiger partial charge in [-0.2, -0.15) is 0 Å². The van der Waals surface area contributed by atoms with E-state index in [1.807, 2.05) is 22.7 Å². The van der Waals surface area contributed by atoms with Crippen molar-refractivity contribution in [2.75, 3.05) is 0 Å². The van der Waals surface area contributed by atoms with E-state index >= 15 is 0 Å². The predicted molar refractivity (Wildman–Crippen MR) is 365 cm³/mol. The van der Waals surface area contributed by atoms with E-state index in [0.717, 1.165) is 0 Å². The van der Waals surface area contributed by atoms with Gasteiger partial charge in [0.15, 0.2) is 0 Å². The molecule has 0 aliphatic heterocycles. The van der Waals surface area contributed by atoms with E-state index < -0.39 is 0 Å². The molecule has 4 heterocycles. The van der Waals surface area contributed by atoms with E-state index in [1.165, 1.54) is 183 Å². The zero-order valence-corrected chi connectivity index (χ0v) is 46.9. The molecule has 388 valence electrons. The first-order valence-corrected chi connectivity index (χ1v) is 30.5. The molecule has 4 heteroatoms. The van der Waals surface area contributed by atoms with Crippen LogP contribution in [0, 0.1) is 0 Å². The summed E-state index contributed by atoms with van der Waals surface area (Å²) in [5, 5.41) is 23.0. The Morgan fingerprint density at radius 2 is 0.583 bits per heavy atom. The largest absolute Gasteiger partial charge is 0.307 e. The molecule has 0 bridgehead atoms. The van der Waals surface area contributed by atoms with Gasteiger partial charge in [-0.1, -0.05) is 231 Å². The molecule has 2 nitrogen and oxygen atoms in total. The third kappa shape index (κ3) is 6.44. The zero-order chi connectivity index (χ0) is 54.7. The van der Waals surface area contributed by atoms with Crippen molar-refractivity contribution in [3.05, 3.63) is 279 Å². The van der Waals surface area contributed by atoms with Gasteiger partial charge in [0, 0.05) is 63.3 Å². The fourth-order valence-electron chi connectivity index (χ4n) is 14.7. The summed E-state index contributed by atoms with van der Waals surface area (Å²) in [6.07, 6.45) is 0. The fourth-order valence-corrected chi connectivity index (χ4v) is 17.2. The summed E-state index contributed by atoms with van der Waals surface area (Å²) in [5.41, 5.74) is 14.6. The molecule has 0 saturated carbocycles. The van der Waals surface area contributed by atoms with Gasteiger partial charge in [-0.3, -0.25) is 0 Å². The number of benzene rings is 15. The molecule has 0 amide bonds. The molecule has 0 unspecified atom stereocenters. The molecule has 0 N–H and O–H groups in total. The maximum Gasteiger partial charge on any atom is 0.0726 e. The third-order valence-corrected chi connectivity index (χ3v) is 20.6. The first kappa shape index (κ1) is 46.3. The van der Waals surface area contributed by atoms with E-state index in [1.54, 1.807) is 0 Å². The number of hydrogen-bond donors (Lipinski definition) is 0. The predicted octanol–water partition coefficient (Wildman–Crippen LogP) is 23.4. The van der Waals surface area contributed by atoms with E-state index in [2.05, 4.69) is 288 Å². The van der Waals surface area contributed by atoms with Crippen LogP contribution < -0.4 is 0 Å². The quantitative estimate of drug-likeness (QED) is 0.163. The Kier molecular flexibility index (Phi) is 9.68. The van der Waals surface area contributed by atoms with Gasteiger partial charge in [-0.15, -0.1) is 22.7 Å². The lowest BCUT2D eigenvalue weighted by Gasteiger charge is -2.14. The zero-order valence-electron chi connectivity index (χ0n) is 45.3. The molecule has 19 aromatic rings. The van der Waals surface area contributed by atoms with Gasteiger partial charge in [0.2, 0.25) is 0 Å². The first-order valence-electron chi connectivity index (χ1n) is 28.9. The highest BCUT2D eigenvalue weighted by Gasteiger charge is 2.26. The van der Waals surface area contributed by atoms with Gasteiger partial charge >= 0.3 is 0 Å². The standard InChI is InChI=1S/C80H46N2S2/c1-3-21-55-48(17-1)19-15-31-67(55)81-69-43-39-51(45-65(69)73-59-25-7-9-27-61(59)75-63-29-11-13-33-71(63)83-79(75)77(73)81)47-35-37-50(38-36-47)53-41-42-54(58-24-6-5-23-57(53)58)52-40-44-70-66(46-52)74-60-26-8-10-28-62(60)76-64-30-12-14-34-72(64)84-80(76)78(74)82(70)68-32-16-20-49-18-2-4-22-56(49)68/h1-46H. The SMILES string of the molecule is c1ccc2c(-n3c4ccc(-c5ccc(-c6ccc(-c7ccc8c(c7)c7c9ccccc9c9c%10ccccc%10sc9c7n8-c7cccc8ccccc78)c7ccccc67)cc5)cc4c4c5ccccc5c5c6ccccc6sc5c43)cccc2c1. The van der Waals surface area contributed by atoms with E-state index in [-0.39, 0.29) is 0 Å². The van der Waals surface area contributed by atoms with Crippen molar-refractivity contribution >= 4 is 160 Å². The van der Waals surface area contributed by atoms with Crippen molar-refractivity contribution in [1.29, 1.82) is 0 Å². The smallest absolute Gasteiger partial charge is 0.0726 e. The summed E-state index contributed by atoms with van der Waals surface area (Å²) >= 11 is 3.83. The van der Waals surface area contributed by atoms with Crippen LogP contribution in [0.4, 0.5) is 0 Å². The van der Waals surface area contributed by atoms with Gasteiger partial charge in [-0.25, -0.2) is 0 Å². The summed E-state index contributed by atoms with van der Waals surface area (Å²) in [5.74, 6) is 0. The summed E-state index contributed by atoms with van der Waals surface area (Å²) in [6, 6.07) is 105. The molecule has 0 aliphatic rings. The molecule has 0 radical (unpaired) electrons. The number of nitrogens with zero attached hydrogens (tertiary/aromatic N) is 2. The highest BCUT2D eigenvalue weighted by Crippen LogP contribution is 2.52. The Hall–Kier alpha value is -10.4. The van der Waals surface area contributed by atoms with Crippen LogP contribution >= 0.6 is 22.7 Å². The monoisotopic (exact) mass is 1100 g/mol. The number of aromatic nitrogens is 2. The minimum absolute atomic E-state index is 1.19. The van der Waals surface area contributed by atoms with Crippen molar-refractivity contribution in [3.63, 3.8) is 0 Å². The molecule has 84 heavy (non-hydrogen) atoms. The van der Waals surface area contributed by atoms with E-state index in [0.29, 0.717) is 0 Å². The maximum absolute atomic E-state index is 2.57. The van der Waals surface area contributed by atoms with Crippen molar-refractivity contribution in [1.82, 2.24) is 9.13 Å². The lowest BCUT2D eigenvalue weighted by molar-refractivity contribution is 1.21. The van der Waals surface area contributed by atoms with E-state index in [4.69, 9.17) is 0 Å². The molecule has 0 atom stereocenters. The van der Waals surface area contributed by atoms with Crippen LogP contribution in [0.1, 0.15) is 0 Å². The van der Waals surface area contributed by atoms with Crippen LogP contribution in [0.15, 0.2) is 279 Å². The average molecular weight is 1100 g/mol. The highest BCUT2D eigenvalue weighted by molar-refractivity contribution is 7.27. The fraction of sp³-hybridized carbons (Fsp3) is 0. The average Bonchev–Trinajstić information content (AvgIpc) is 1.75. The molecular formula is C80H46N2S2. The normalized spacial score (nSPS) is 12.3. The highest BCUT2D eigenvalue weighted by atomic mass is 32.1. The molecule has 0 spiro atoms. The lowest BCUT2D eigenvalue weighted by atomic mass is 9.90. The summed E-state index contributed by atoms with van der Waals surface area (Å²) in [7, 11) is 0. The molecule has 15 aromatic carbocycles. The maximum atomic E-state index is 2.57. The summed E-state index contributed by atoms with van der Waals surface area (Å²) in [4.78, 5) is 0. The topological polar surface area (TPSA) is 9.86 Å². The Morgan fingerprint density at radius 3 is 1.08 bits per heavy atom. The van der Waals surface area contributed by atoms with Crippen molar-refractivity contribution < 1.29 is 0 Å². The Morgan fingerprint density at radius 1 is 0.226 bits per heavy atom. The summed E-state index contributed by atoms with van der Waals surface area (Å²) in [6.45, 7) is 0. The van der Waals surface area contributed by atoms with Crippen molar-refractivity contribution in [2.24, 2.45) is 0 Å². The Balaban J connectivity index is 0.774. The minimum Gasteiger partial charge on any atom is -0.307 e. The summed E-state index contributed by atoms with van der Waals surface area (Å²) < 4.78 is 10.4. The van der Waals surface area contributed by atoms with Crippen molar-refractivity contribution in [3.8, 4) is 44.8 Å². The Labute approximate surface area is 490 Å². The van der Waals surface area contributed by atoms with Crippen LogP contribution in [0.3, 0.4) is 0 Å². The second kappa shape index (κ2) is 17.6. The van der Waals surface area contributed by atoms with Crippen LogP contribution in [-0.2, 0) is 0 Å². The van der Waals surface area contributed by atoms with Crippen LogP contribution in [0.2, 0.25) is 0 Å². The van der Waals surface area contributed by atoms with Crippen LogP contribution in [0.25, 0.3) is 183 Å². The first-order chi connectivity index (χ1) is 41.7. The molecule has 19 rings (SSSR count). The minimum atomic E-state index is 1.19. The molecular weight excluding hydrogens is 1050 g/mol. The second-order valence-corrected chi connectivity index (χ2v) is 24.7. The van der Waals surface area contributed by atoms with E-state index in [9.17, 15) is 0 Å². The molecule has 0 fully saturated rings. The number of rotatable bonds is 5. The van der Waals surface area contributed by atoms with Crippen molar-refractivity contribution in [2.45, 2.75) is 0 Å². The van der Waals surface area contributed by atoms with Gasteiger partial charge in [0.25, 0.3) is 0 Å². The number of thiophene rings is 2. The second-order valence-electron chi connectivity index (χ2n) is 22.6. The lowest BCUT2D eigenvalue weighted by Crippen LogP contribution is -1.95. The van der Waals surface area contributed by atoms with Crippen LogP contribution in [0.5, 0.6) is 0 Å². The Bertz CT molecular complexity index is 6040. The molecule has 4 aromatic heterocycles. The molecule has 0 aliphatic carbocycles. The van der Waals surface area contributed by atoms with Gasteiger partial charge in [-0.05, 0) is 125 Å². The third-order valence-electron chi connectivity index (χ3n) is 18.3. The van der Waals surface area contributed by atoms with Gasteiger partial charge in [0.1, 0.15) is 0 Å².